The molecular formula is C18H23NO4. The maximum Gasteiger partial charge on any atom is 0.223 e. The molecule has 1 saturated heterocycles. The quantitative estimate of drug-likeness (QED) is 0.834. The summed E-state index contributed by atoms with van der Waals surface area (Å²) in [7, 11) is 1.53. The molecule has 2 heterocycles. The maximum absolute atomic E-state index is 12.5. The number of hydrogen-bond acceptors (Lipinski definition) is 4. The summed E-state index contributed by atoms with van der Waals surface area (Å²) in [6, 6.07) is 3.55. The van der Waals surface area contributed by atoms with E-state index in [9.17, 15) is 15.0 Å². The van der Waals surface area contributed by atoms with Crippen LogP contribution in [0.2, 0.25) is 0 Å². The second-order valence-electron chi connectivity index (χ2n) is 6.36. The van der Waals surface area contributed by atoms with Gasteiger partial charge in [0.2, 0.25) is 5.91 Å². The average molecular weight is 317 g/mol. The molecule has 0 aliphatic carbocycles. The summed E-state index contributed by atoms with van der Waals surface area (Å²) in [5.74, 6) is 0.701. The van der Waals surface area contributed by atoms with Crippen LogP contribution in [0.1, 0.15) is 30.0 Å². The first kappa shape index (κ1) is 15.9. The number of rotatable bonds is 4. The number of nitrogens with zero attached hydrogens (tertiary/aromatic N) is 1. The minimum Gasteiger partial charge on any atom is -0.504 e. The van der Waals surface area contributed by atoms with Crippen molar-refractivity contribution in [2.24, 2.45) is 11.8 Å². The number of hydrogen-bond donors (Lipinski definition) is 2. The van der Waals surface area contributed by atoms with Crippen LogP contribution in [-0.2, 0) is 11.2 Å². The van der Waals surface area contributed by atoms with Gasteiger partial charge >= 0.3 is 0 Å². The van der Waals surface area contributed by atoms with Gasteiger partial charge in [-0.3, -0.25) is 4.79 Å². The Morgan fingerprint density at radius 3 is 2.96 bits per heavy atom. The van der Waals surface area contributed by atoms with Crippen molar-refractivity contribution in [2.75, 3.05) is 20.3 Å². The normalized spacial score (nSPS) is 24.6. The van der Waals surface area contributed by atoms with E-state index in [-0.39, 0.29) is 36.1 Å². The number of piperidine rings is 1. The summed E-state index contributed by atoms with van der Waals surface area (Å²) in [5.41, 5.74) is 2.11. The smallest absolute Gasteiger partial charge is 0.223 e. The first-order valence-electron chi connectivity index (χ1n) is 8.01. The van der Waals surface area contributed by atoms with Crippen LogP contribution in [0.5, 0.6) is 11.5 Å². The first-order chi connectivity index (χ1) is 11.1. The lowest BCUT2D eigenvalue weighted by Crippen LogP contribution is -2.46. The van der Waals surface area contributed by atoms with Crippen molar-refractivity contribution < 1.29 is 19.7 Å². The second kappa shape index (κ2) is 6.24. The van der Waals surface area contributed by atoms with Gasteiger partial charge in [0.25, 0.3) is 0 Å². The number of benzene rings is 1. The van der Waals surface area contributed by atoms with Gasteiger partial charge in [0.05, 0.1) is 13.2 Å². The summed E-state index contributed by atoms with van der Waals surface area (Å²) >= 11 is 0. The van der Waals surface area contributed by atoms with Crippen molar-refractivity contribution in [1.82, 2.24) is 4.90 Å². The van der Waals surface area contributed by atoms with Crippen LogP contribution in [0, 0.1) is 11.8 Å². The maximum atomic E-state index is 12.5. The lowest BCUT2D eigenvalue weighted by Gasteiger charge is -2.44. The van der Waals surface area contributed by atoms with Crippen LogP contribution in [-0.4, -0.2) is 41.3 Å². The second-order valence-corrected chi connectivity index (χ2v) is 6.36. The van der Waals surface area contributed by atoms with Gasteiger partial charge in [-0.2, -0.15) is 0 Å². The SMILES string of the molecule is C=C[C@@H](CO)[C@H]1CC(=O)N2CCc3cc(OC)c(O)cc3[C@@H]2C1. The van der Waals surface area contributed by atoms with Gasteiger partial charge in [-0.05, 0) is 42.0 Å². The molecular weight excluding hydrogens is 294 g/mol. The van der Waals surface area contributed by atoms with Crippen molar-refractivity contribution in [2.45, 2.75) is 25.3 Å². The molecule has 0 bridgehead atoms. The molecule has 3 atom stereocenters. The van der Waals surface area contributed by atoms with Gasteiger partial charge in [0.15, 0.2) is 11.5 Å². The van der Waals surface area contributed by atoms with Crippen LogP contribution in [0.15, 0.2) is 24.8 Å². The van der Waals surface area contributed by atoms with Gasteiger partial charge in [-0.1, -0.05) is 6.08 Å². The Balaban J connectivity index is 1.96. The highest BCUT2D eigenvalue weighted by Gasteiger charge is 2.40. The Kier molecular flexibility index (Phi) is 4.31. The van der Waals surface area contributed by atoms with Crippen molar-refractivity contribution in [3.05, 3.63) is 35.9 Å². The number of aliphatic hydroxyl groups is 1. The molecule has 1 aromatic rings. The van der Waals surface area contributed by atoms with E-state index in [1.807, 2.05) is 11.0 Å². The van der Waals surface area contributed by atoms with Gasteiger partial charge in [-0.15, -0.1) is 6.58 Å². The summed E-state index contributed by atoms with van der Waals surface area (Å²) in [4.78, 5) is 14.4. The highest BCUT2D eigenvalue weighted by Crippen LogP contribution is 2.44. The number of phenols is 1. The van der Waals surface area contributed by atoms with E-state index >= 15 is 0 Å². The Bertz CT molecular complexity index is 628. The fraction of sp³-hybridized carbons (Fsp3) is 0.500. The molecule has 2 aliphatic rings. The Morgan fingerprint density at radius 2 is 2.30 bits per heavy atom. The number of carbonyl (C=O) groups is 1. The molecule has 5 heteroatoms. The summed E-state index contributed by atoms with van der Waals surface area (Å²) in [6.07, 6.45) is 3.74. The number of carbonyl (C=O) groups excluding carboxylic acids is 1. The fourth-order valence-electron chi connectivity index (χ4n) is 3.89. The number of aromatic hydroxyl groups is 1. The Labute approximate surface area is 136 Å². The minimum absolute atomic E-state index is 0.00882. The molecule has 0 saturated carbocycles. The third kappa shape index (κ3) is 2.70. The third-order valence-corrected chi connectivity index (χ3v) is 5.20. The molecule has 0 radical (unpaired) electrons. The summed E-state index contributed by atoms with van der Waals surface area (Å²) in [6.45, 7) is 4.47. The molecule has 5 nitrogen and oxygen atoms in total. The van der Waals surface area contributed by atoms with Crippen molar-refractivity contribution in [1.29, 1.82) is 0 Å². The zero-order valence-corrected chi connectivity index (χ0v) is 13.4. The molecule has 3 rings (SSSR count). The number of amides is 1. The van der Waals surface area contributed by atoms with E-state index in [0.717, 1.165) is 24.0 Å². The van der Waals surface area contributed by atoms with E-state index < -0.39 is 0 Å². The monoisotopic (exact) mass is 317 g/mol. The molecule has 2 N–H and O–H groups in total. The molecule has 1 amide bonds. The van der Waals surface area contributed by atoms with Crippen molar-refractivity contribution >= 4 is 5.91 Å². The number of phenolic OH excluding ortho intramolecular Hbond substituents is 1. The lowest BCUT2D eigenvalue weighted by molar-refractivity contribution is -0.140. The fourth-order valence-corrected chi connectivity index (χ4v) is 3.89. The van der Waals surface area contributed by atoms with E-state index in [4.69, 9.17) is 4.74 Å². The van der Waals surface area contributed by atoms with Crippen molar-refractivity contribution in [3.63, 3.8) is 0 Å². The number of aliphatic hydroxyl groups excluding tert-OH is 1. The van der Waals surface area contributed by atoms with Gasteiger partial charge in [0, 0.05) is 25.5 Å². The predicted octanol–water partition coefficient (Wildman–Crippen LogP) is 2.03. The molecule has 0 spiro atoms. The predicted molar refractivity (Wildman–Crippen MR) is 86.3 cm³/mol. The van der Waals surface area contributed by atoms with E-state index in [1.165, 1.54) is 7.11 Å². The van der Waals surface area contributed by atoms with Gasteiger partial charge in [-0.25, -0.2) is 0 Å². The van der Waals surface area contributed by atoms with Crippen LogP contribution >= 0.6 is 0 Å². The highest BCUT2D eigenvalue weighted by atomic mass is 16.5. The van der Waals surface area contributed by atoms with E-state index in [1.54, 1.807) is 12.1 Å². The number of ether oxygens (including phenoxy) is 1. The van der Waals surface area contributed by atoms with Gasteiger partial charge < -0.3 is 19.8 Å². The largest absolute Gasteiger partial charge is 0.504 e. The third-order valence-electron chi connectivity index (χ3n) is 5.20. The van der Waals surface area contributed by atoms with E-state index in [0.29, 0.717) is 18.7 Å². The van der Waals surface area contributed by atoms with Gasteiger partial charge in [0.1, 0.15) is 0 Å². The number of methoxy groups -OCH3 is 1. The van der Waals surface area contributed by atoms with Crippen LogP contribution < -0.4 is 4.74 Å². The minimum atomic E-state index is -0.0710. The molecule has 0 aromatic heterocycles. The molecule has 23 heavy (non-hydrogen) atoms. The van der Waals surface area contributed by atoms with Crippen LogP contribution in [0.3, 0.4) is 0 Å². The first-order valence-corrected chi connectivity index (χ1v) is 8.01. The Morgan fingerprint density at radius 1 is 1.52 bits per heavy atom. The summed E-state index contributed by atoms with van der Waals surface area (Å²) < 4.78 is 5.19. The standard InChI is InChI=1S/C18H23NO4/c1-3-11(10-20)13-6-15-14-9-16(21)17(23-2)7-12(14)4-5-19(15)18(22)8-13/h3,7,9,11,13,15,20-21H,1,4-6,8,10H2,2H3/t11-,13+,15-/m0/s1. The Hall–Kier alpha value is -2.01. The molecule has 2 aliphatic heterocycles. The summed E-state index contributed by atoms with van der Waals surface area (Å²) in [5, 5.41) is 19.6. The zero-order chi connectivity index (χ0) is 16.6. The zero-order valence-electron chi connectivity index (χ0n) is 13.4. The highest BCUT2D eigenvalue weighted by molar-refractivity contribution is 5.78. The molecule has 1 aromatic carbocycles. The van der Waals surface area contributed by atoms with Crippen LogP contribution in [0.4, 0.5) is 0 Å². The molecule has 124 valence electrons. The van der Waals surface area contributed by atoms with E-state index in [2.05, 4.69) is 6.58 Å². The lowest BCUT2D eigenvalue weighted by atomic mass is 9.76. The molecule has 1 fully saturated rings. The topological polar surface area (TPSA) is 70.0 Å². The number of fused-ring (bicyclic) bond motifs is 3. The van der Waals surface area contributed by atoms with Crippen molar-refractivity contribution in [3.8, 4) is 11.5 Å². The average Bonchev–Trinajstić information content (AvgIpc) is 2.55. The van der Waals surface area contributed by atoms with Crippen LogP contribution in [0.25, 0.3) is 0 Å². The molecule has 0 unspecified atom stereocenters.